The molecule has 0 saturated heterocycles. The monoisotopic (exact) mass is 184 g/mol. The van der Waals surface area contributed by atoms with E-state index in [1.165, 1.54) is 0 Å². The van der Waals surface area contributed by atoms with Crippen LogP contribution in [0.15, 0.2) is 5.16 Å². The summed E-state index contributed by atoms with van der Waals surface area (Å²) in [7, 11) is -1.53. The lowest BCUT2D eigenvalue weighted by molar-refractivity contribution is 0.333. The van der Waals surface area contributed by atoms with Crippen molar-refractivity contribution < 1.29 is 4.53 Å². The van der Waals surface area contributed by atoms with Crippen LogP contribution in [0.5, 0.6) is 0 Å². The molecule has 0 heterocycles. The first kappa shape index (κ1) is 11.2. The van der Waals surface area contributed by atoms with Gasteiger partial charge in [-0.1, -0.05) is 0 Å². The van der Waals surface area contributed by atoms with Crippen molar-refractivity contribution in [3.8, 4) is 6.07 Å². The second-order valence-corrected chi connectivity index (χ2v) is 8.10. The molecule has 12 heavy (non-hydrogen) atoms. The lowest BCUT2D eigenvalue weighted by Crippen LogP contribution is -2.22. The summed E-state index contributed by atoms with van der Waals surface area (Å²) < 4.78 is 5.31. The number of oxime groups is 1. The topological polar surface area (TPSA) is 45.4 Å². The van der Waals surface area contributed by atoms with Crippen molar-refractivity contribution in [3.05, 3.63) is 0 Å². The van der Waals surface area contributed by atoms with Gasteiger partial charge in [0.15, 0.2) is 0 Å². The van der Waals surface area contributed by atoms with Gasteiger partial charge in [-0.15, -0.1) is 5.16 Å². The molecule has 0 rings (SSSR count). The number of nitriles is 1. The molecule has 0 aromatic carbocycles. The molecule has 3 nitrogen and oxygen atoms in total. The summed E-state index contributed by atoms with van der Waals surface area (Å²) in [5.41, 5.74) is 0.902. The normalized spacial score (nSPS) is 12.4. The van der Waals surface area contributed by atoms with Crippen LogP contribution >= 0.6 is 0 Å². The van der Waals surface area contributed by atoms with E-state index in [4.69, 9.17) is 9.79 Å². The first-order valence-electron chi connectivity index (χ1n) is 4.04. The molecule has 0 aliphatic heterocycles. The highest BCUT2D eigenvalue weighted by molar-refractivity contribution is 6.69. The predicted octanol–water partition coefficient (Wildman–Crippen LogP) is 2.52. The van der Waals surface area contributed by atoms with Gasteiger partial charge in [-0.05, 0) is 26.6 Å². The Balaban J connectivity index is 3.78. The van der Waals surface area contributed by atoms with Gasteiger partial charge >= 0.3 is 0 Å². The van der Waals surface area contributed by atoms with Gasteiger partial charge in [0.2, 0.25) is 0 Å². The van der Waals surface area contributed by atoms with Crippen LogP contribution in [0.25, 0.3) is 0 Å². The average Bonchev–Trinajstić information content (AvgIpc) is 1.95. The van der Waals surface area contributed by atoms with Gasteiger partial charge in [0.1, 0.15) is 0 Å². The molecule has 0 radical (unpaired) electrons. The van der Waals surface area contributed by atoms with Crippen LogP contribution in [0.4, 0.5) is 0 Å². The van der Waals surface area contributed by atoms with Crippen LogP contribution in [0, 0.1) is 11.3 Å². The summed E-state index contributed by atoms with van der Waals surface area (Å²) >= 11 is 0. The quantitative estimate of drug-likeness (QED) is 0.383. The average molecular weight is 184 g/mol. The van der Waals surface area contributed by atoms with Crippen molar-refractivity contribution in [2.75, 3.05) is 0 Å². The first-order chi connectivity index (χ1) is 5.45. The summed E-state index contributed by atoms with van der Waals surface area (Å²) in [5.74, 6) is 0. The van der Waals surface area contributed by atoms with Crippen molar-refractivity contribution in [2.45, 2.75) is 39.4 Å². The zero-order valence-electron chi connectivity index (χ0n) is 8.22. The molecule has 0 unspecified atom stereocenters. The Morgan fingerprint density at radius 3 is 2.50 bits per heavy atom. The molecule has 0 N–H and O–H groups in total. The van der Waals surface area contributed by atoms with Gasteiger partial charge in [-0.2, -0.15) is 5.26 Å². The summed E-state index contributed by atoms with van der Waals surface area (Å²) in [4.78, 5) is 0. The zero-order chi connectivity index (χ0) is 9.61. The van der Waals surface area contributed by atoms with E-state index in [0.29, 0.717) is 12.8 Å². The molecular weight excluding hydrogens is 168 g/mol. The summed E-state index contributed by atoms with van der Waals surface area (Å²) in [6.45, 7) is 8.12. The molecule has 0 amide bonds. The molecule has 0 aliphatic rings. The third-order valence-corrected chi connectivity index (χ3v) is 1.71. The molecule has 4 heteroatoms. The standard InChI is InChI=1S/C8H16N2OSi/c1-8(6-5-7-9)10-11-12(2,3)4/h5-6H2,1-4H3/b10-8+. The van der Waals surface area contributed by atoms with E-state index in [0.717, 1.165) is 5.71 Å². The molecule has 0 aliphatic carbocycles. The van der Waals surface area contributed by atoms with E-state index in [2.05, 4.69) is 30.9 Å². The van der Waals surface area contributed by atoms with Crippen LogP contribution in [-0.4, -0.2) is 14.0 Å². The fourth-order valence-electron chi connectivity index (χ4n) is 0.497. The summed E-state index contributed by atoms with van der Waals surface area (Å²) in [6, 6.07) is 2.07. The fraction of sp³-hybridized carbons (Fsp3) is 0.750. The smallest absolute Gasteiger partial charge is 0.278 e. The molecule has 0 spiro atoms. The Morgan fingerprint density at radius 2 is 2.08 bits per heavy atom. The minimum Gasteiger partial charge on any atom is -0.456 e. The van der Waals surface area contributed by atoms with Gasteiger partial charge in [0.05, 0.1) is 11.8 Å². The minimum absolute atomic E-state index is 0.518. The van der Waals surface area contributed by atoms with Crippen LogP contribution in [0.2, 0.25) is 19.6 Å². The second-order valence-electron chi connectivity index (χ2n) is 3.69. The largest absolute Gasteiger partial charge is 0.456 e. The van der Waals surface area contributed by atoms with E-state index in [9.17, 15) is 0 Å². The maximum absolute atomic E-state index is 8.31. The Labute approximate surface area is 75.2 Å². The van der Waals surface area contributed by atoms with E-state index in [1.807, 2.05) is 6.92 Å². The van der Waals surface area contributed by atoms with E-state index in [-0.39, 0.29) is 0 Å². The van der Waals surface area contributed by atoms with Gasteiger partial charge in [-0.25, -0.2) is 0 Å². The Bertz CT molecular complexity index is 200. The Kier molecular flexibility index (Phi) is 4.60. The summed E-state index contributed by atoms with van der Waals surface area (Å²) in [6.07, 6.45) is 1.23. The van der Waals surface area contributed by atoms with Gasteiger partial charge in [0.25, 0.3) is 8.32 Å². The van der Waals surface area contributed by atoms with Gasteiger partial charge in [0, 0.05) is 12.8 Å². The van der Waals surface area contributed by atoms with Crippen molar-refractivity contribution in [1.82, 2.24) is 0 Å². The molecule has 0 bridgehead atoms. The third-order valence-electron chi connectivity index (χ3n) is 1.07. The number of hydrogen-bond donors (Lipinski definition) is 0. The van der Waals surface area contributed by atoms with Crippen LogP contribution in [-0.2, 0) is 4.53 Å². The van der Waals surface area contributed by atoms with E-state index >= 15 is 0 Å². The first-order valence-corrected chi connectivity index (χ1v) is 7.45. The van der Waals surface area contributed by atoms with Crippen molar-refractivity contribution in [1.29, 1.82) is 5.26 Å². The third kappa shape index (κ3) is 7.29. The number of hydrogen-bond acceptors (Lipinski definition) is 3. The molecule has 0 saturated carbocycles. The highest BCUT2D eigenvalue weighted by Crippen LogP contribution is 2.04. The Hall–Kier alpha value is -0.823. The predicted molar refractivity (Wildman–Crippen MR) is 52.4 cm³/mol. The lowest BCUT2D eigenvalue weighted by Gasteiger charge is -2.13. The van der Waals surface area contributed by atoms with Crippen molar-refractivity contribution in [3.63, 3.8) is 0 Å². The SMILES string of the molecule is C/C(CCC#N)=N\O[Si](C)(C)C. The zero-order valence-corrected chi connectivity index (χ0v) is 9.22. The van der Waals surface area contributed by atoms with E-state index < -0.39 is 8.32 Å². The van der Waals surface area contributed by atoms with Crippen molar-refractivity contribution in [2.24, 2.45) is 5.16 Å². The molecule has 0 aromatic rings. The highest BCUT2D eigenvalue weighted by Gasteiger charge is 2.15. The number of rotatable bonds is 4. The van der Waals surface area contributed by atoms with Crippen molar-refractivity contribution >= 4 is 14.0 Å². The minimum atomic E-state index is -1.53. The highest BCUT2D eigenvalue weighted by atomic mass is 28.4. The molecular formula is C8H16N2OSi. The maximum Gasteiger partial charge on any atom is 0.278 e. The van der Waals surface area contributed by atoms with Crippen LogP contribution in [0.3, 0.4) is 0 Å². The second kappa shape index (κ2) is 4.94. The fourth-order valence-corrected chi connectivity index (χ4v) is 0.927. The Morgan fingerprint density at radius 1 is 1.50 bits per heavy atom. The molecule has 0 fully saturated rings. The van der Waals surface area contributed by atoms with E-state index in [1.54, 1.807) is 0 Å². The number of nitrogens with zero attached hydrogens (tertiary/aromatic N) is 2. The van der Waals surface area contributed by atoms with Gasteiger partial charge in [-0.3, -0.25) is 0 Å². The molecule has 0 aromatic heterocycles. The molecule has 0 atom stereocenters. The van der Waals surface area contributed by atoms with Crippen LogP contribution < -0.4 is 0 Å². The molecule has 68 valence electrons. The maximum atomic E-state index is 8.31. The lowest BCUT2D eigenvalue weighted by atomic mass is 10.2. The summed E-state index contributed by atoms with van der Waals surface area (Å²) in [5, 5.41) is 12.3. The van der Waals surface area contributed by atoms with Crippen LogP contribution in [0.1, 0.15) is 19.8 Å². The van der Waals surface area contributed by atoms with Gasteiger partial charge < -0.3 is 4.53 Å².